The lowest BCUT2D eigenvalue weighted by Crippen LogP contribution is -2.38. The summed E-state index contributed by atoms with van der Waals surface area (Å²) in [5.74, 6) is 0.515. The second kappa shape index (κ2) is 14.4. The van der Waals surface area contributed by atoms with Gasteiger partial charge in [-0.2, -0.15) is 0 Å². The van der Waals surface area contributed by atoms with E-state index in [1.807, 2.05) is 46.0 Å². The third kappa shape index (κ3) is 8.96. The molecule has 0 saturated carbocycles. The van der Waals surface area contributed by atoms with E-state index in [1.165, 1.54) is 6.08 Å². The van der Waals surface area contributed by atoms with Crippen molar-refractivity contribution in [2.24, 2.45) is 11.8 Å². The Morgan fingerprint density at radius 1 is 1.11 bits per heavy atom. The molecule has 0 unspecified atom stereocenters. The van der Waals surface area contributed by atoms with E-state index in [0.29, 0.717) is 31.1 Å². The molecule has 1 aromatic carbocycles. The van der Waals surface area contributed by atoms with Gasteiger partial charge in [-0.05, 0) is 49.8 Å². The zero-order valence-corrected chi connectivity index (χ0v) is 20.4. The molecule has 0 atom stereocenters. The molecule has 0 spiro atoms. The molecule has 35 heavy (non-hydrogen) atoms. The van der Waals surface area contributed by atoms with Crippen molar-refractivity contribution < 1.29 is 19.8 Å². The number of likely N-dealkylation sites (tertiary alicyclic amines) is 1. The minimum absolute atomic E-state index is 0.0346. The molecule has 2 amide bonds. The molecule has 190 valence electrons. The number of aliphatic hydroxyl groups is 2. The van der Waals surface area contributed by atoms with Crippen LogP contribution in [-0.2, 0) is 11.3 Å². The van der Waals surface area contributed by atoms with Gasteiger partial charge in [-0.25, -0.2) is 4.98 Å². The van der Waals surface area contributed by atoms with Gasteiger partial charge >= 0.3 is 0 Å². The summed E-state index contributed by atoms with van der Waals surface area (Å²) in [6, 6.07) is 9.48. The standard InChI is InChI=1S/C27H38N4O4/c32-19-23(20-33)11-15-30-18-25(29-21-30)9-10-26(34)28-14-5-4-6-22-12-16-31(17-13-22)27(35)24-7-2-1-3-8-24/h1-3,7-10,18,21-23,32-33H,4-6,11-17,19-20H2,(H,28,34)/b10-9+. The zero-order valence-electron chi connectivity index (χ0n) is 20.4. The van der Waals surface area contributed by atoms with Crippen molar-refractivity contribution in [1.29, 1.82) is 0 Å². The highest BCUT2D eigenvalue weighted by Gasteiger charge is 2.23. The van der Waals surface area contributed by atoms with E-state index in [0.717, 1.165) is 50.8 Å². The fourth-order valence-electron chi connectivity index (χ4n) is 4.34. The number of imidazole rings is 1. The van der Waals surface area contributed by atoms with Crippen LogP contribution >= 0.6 is 0 Å². The average molecular weight is 483 g/mol. The normalized spacial score (nSPS) is 14.7. The zero-order chi connectivity index (χ0) is 24.9. The van der Waals surface area contributed by atoms with Crippen LogP contribution in [0.4, 0.5) is 0 Å². The number of benzene rings is 1. The summed E-state index contributed by atoms with van der Waals surface area (Å²) in [6.45, 7) is 2.87. The minimum atomic E-state index is -0.132. The van der Waals surface area contributed by atoms with Gasteiger partial charge in [-0.15, -0.1) is 0 Å². The van der Waals surface area contributed by atoms with Gasteiger partial charge in [0.15, 0.2) is 0 Å². The van der Waals surface area contributed by atoms with Gasteiger partial charge in [0.25, 0.3) is 5.91 Å². The summed E-state index contributed by atoms with van der Waals surface area (Å²) in [7, 11) is 0. The highest BCUT2D eigenvalue weighted by atomic mass is 16.3. The Labute approximate surface area is 207 Å². The Hall–Kier alpha value is -2.97. The maximum atomic E-state index is 12.5. The van der Waals surface area contributed by atoms with Crippen LogP contribution in [0.3, 0.4) is 0 Å². The number of aliphatic hydroxyl groups excluding tert-OH is 2. The number of aromatic nitrogens is 2. The molecule has 3 N–H and O–H groups in total. The molecule has 3 rings (SSSR count). The number of aryl methyl sites for hydroxylation is 1. The molecule has 1 fully saturated rings. The van der Waals surface area contributed by atoms with E-state index >= 15 is 0 Å². The summed E-state index contributed by atoms with van der Waals surface area (Å²) in [4.78, 5) is 30.8. The second-order valence-corrected chi connectivity index (χ2v) is 9.28. The van der Waals surface area contributed by atoms with E-state index in [1.54, 1.807) is 12.4 Å². The number of hydrogen-bond acceptors (Lipinski definition) is 5. The summed E-state index contributed by atoms with van der Waals surface area (Å²) < 4.78 is 1.89. The fourth-order valence-corrected chi connectivity index (χ4v) is 4.34. The number of carbonyl (C=O) groups excluding carboxylic acids is 2. The second-order valence-electron chi connectivity index (χ2n) is 9.28. The van der Waals surface area contributed by atoms with Gasteiger partial charge in [0.2, 0.25) is 5.91 Å². The molecule has 1 aliphatic rings. The van der Waals surface area contributed by atoms with Gasteiger partial charge in [0.1, 0.15) is 0 Å². The first kappa shape index (κ1) is 26.6. The van der Waals surface area contributed by atoms with Crippen molar-refractivity contribution in [1.82, 2.24) is 19.8 Å². The average Bonchev–Trinajstić information content (AvgIpc) is 3.36. The van der Waals surface area contributed by atoms with Crippen LogP contribution in [0.5, 0.6) is 0 Å². The van der Waals surface area contributed by atoms with Crippen molar-refractivity contribution in [2.45, 2.75) is 45.1 Å². The van der Waals surface area contributed by atoms with Crippen LogP contribution in [0.1, 0.15) is 54.6 Å². The van der Waals surface area contributed by atoms with Gasteiger partial charge in [-0.1, -0.05) is 31.0 Å². The Balaban J connectivity index is 1.25. The topological polar surface area (TPSA) is 108 Å². The molecular formula is C27H38N4O4. The van der Waals surface area contributed by atoms with Crippen molar-refractivity contribution in [3.63, 3.8) is 0 Å². The number of nitrogens with one attached hydrogen (secondary N) is 1. The van der Waals surface area contributed by atoms with Crippen LogP contribution in [0.25, 0.3) is 6.08 Å². The predicted octanol–water partition coefficient (Wildman–Crippen LogP) is 2.73. The Bertz CT molecular complexity index is 932. The number of nitrogens with zero attached hydrogens (tertiary/aromatic N) is 3. The highest BCUT2D eigenvalue weighted by Crippen LogP contribution is 2.23. The lowest BCUT2D eigenvalue weighted by Gasteiger charge is -2.32. The lowest BCUT2D eigenvalue weighted by molar-refractivity contribution is -0.116. The smallest absolute Gasteiger partial charge is 0.253 e. The fraction of sp³-hybridized carbons (Fsp3) is 0.519. The Morgan fingerprint density at radius 2 is 1.86 bits per heavy atom. The quantitative estimate of drug-likeness (QED) is 0.301. The van der Waals surface area contributed by atoms with Crippen molar-refractivity contribution >= 4 is 17.9 Å². The SMILES string of the molecule is O=C(/C=C/c1cn(CCC(CO)CO)cn1)NCCCCC1CCN(C(=O)c2ccccc2)CC1. The van der Waals surface area contributed by atoms with E-state index in [-0.39, 0.29) is 30.9 Å². The number of carbonyl (C=O) groups is 2. The van der Waals surface area contributed by atoms with E-state index in [4.69, 9.17) is 10.2 Å². The molecule has 2 aromatic rings. The molecular weight excluding hydrogens is 444 g/mol. The van der Waals surface area contributed by atoms with E-state index in [9.17, 15) is 9.59 Å². The minimum Gasteiger partial charge on any atom is -0.396 e. The Morgan fingerprint density at radius 3 is 2.57 bits per heavy atom. The predicted molar refractivity (Wildman–Crippen MR) is 135 cm³/mol. The summed E-state index contributed by atoms with van der Waals surface area (Å²) in [5.41, 5.74) is 1.46. The molecule has 1 aromatic heterocycles. The number of rotatable bonds is 13. The van der Waals surface area contributed by atoms with Crippen molar-refractivity contribution in [3.05, 3.63) is 60.2 Å². The Kier molecular flexibility index (Phi) is 11.0. The molecule has 8 nitrogen and oxygen atoms in total. The van der Waals surface area contributed by atoms with Gasteiger partial charge in [0, 0.05) is 63.1 Å². The van der Waals surface area contributed by atoms with E-state index in [2.05, 4.69) is 10.3 Å². The largest absolute Gasteiger partial charge is 0.396 e. The number of piperidine rings is 1. The summed E-state index contributed by atoms with van der Waals surface area (Å²) >= 11 is 0. The van der Waals surface area contributed by atoms with Crippen LogP contribution in [0.15, 0.2) is 48.9 Å². The third-order valence-electron chi connectivity index (χ3n) is 6.63. The first-order valence-corrected chi connectivity index (χ1v) is 12.6. The molecule has 1 aliphatic heterocycles. The first-order valence-electron chi connectivity index (χ1n) is 12.6. The molecule has 0 aliphatic carbocycles. The monoisotopic (exact) mass is 482 g/mol. The van der Waals surface area contributed by atoms with Crippen LogP contribution in [0.2, 0.25) is 0 Å². The van der Waals surface area contributed by atoms with Crippen molar-refractivity contribution in [3.8, 4) is 0 Å². The molecule has 8 heteroatoms. The highest BCUT2D eigenvalue weighted by molar-refractivity contribution is 5.94. The first-order chi connectivity index (χ1) is 17.1. The maximum absolute atomic E-state index is 12.5. The lowest BCUT2D eigenvalue weighted by atomic mass is 9.91. The molecule has 1 saturated heterocycles. The summed E-state index contributed by atoms with van der Waals surface area (Å²) in [5, 5.41) is 21.2. The number of unbranched alkanes of at least 4 members (excludes halogenated alkanes) is 1. The van der Waals surface area contributed by atoms with Crippen LogP contribution in [0, 0.1) is 11.8 Å². The number of amides is 2. The maximum Gasteiger partial charge on any atom is 0.253 e. The third-order valence-corrected chi connectivity index (χ3v) is 6.63. The van der Waals surface area contributed by atoms with Crippen molar-refractivity contribution in [2.75, 3.05) is 32.8 Å². The van der Waals surface area contributed by atoms with Gasteiger partial charge in [-0.3, -0.25) is 9.59 Å². The molecule has 0 bridgehead atoms. The summed E-state index contributed by atoms with van der Waals surface area (Å²) in [6.07, 6.45) is 12.6. The van der Waals surface area contributed by atoms with E-state index < -0.39 is 0 Å². The molecule has 2 heterocycles. The molecule has 0 radical (unpaired) electrons. The van der Waals surface area contributed by atoms with Crippen LogP contribution in [-0.4, -0.2) is 69.3 Å². The van der Waals surface area contributed by atoms with Crippen LogP contribution < -0.4 is 5.32 Å². The van der Waals surface area contributed by atoms with Gasteiger partial charge in [0.05, 0.1) is 12.0 Å². The number of hydrogen-bond donors (Lipinski definition) is 3. The van der Waals surface area contributed by atoms with Gasteiger partial charge < -0.3 is 25.0 Å².